The van der Waals surface area contributed by atoms with Crippen molar-refractivity contribution in [1.82, 2.24) is 4.57 Å². The van der Waals surface area contributed by atoms with Crippen molar-refractivity contribution >= 4 is 0 Å². The fourth-order valence-corrected chi connectivity index (χ4v) is 1.60. The molecule has 3 nitrogen and oxygen atoms in total. The summed E-state index contributed by atoms with van der Waals surface area (Å²) in [4.78, 5) is 0. The van der Waals surface area contributed by atoms with Crippen LogP contribution in [0.4, 0.5) is 0 Å². The SMILES string of the molecule is CCCCCn1cc[n+](C[C@@H](O)CC)c1.[Br-]. The highest BCUT2D eigenvalue weighted by atomic mass is 79.9. The van der Waals surface area contributed by atoms with Crippen LogP contribution in [0.25, 0.3) is 0 Å². The van der Waals surface area contributed by atoms with Gasteiger partial charge in [-0.15, -0.1) is 0 Å². The molecule has 0 aliphatic rings. The normalized spacial score (nSPS) is 12.2. The van der Waals surface area contributed by atoms with Crippen molar-refractivity contribution in [3.63, 3.8) is 0 Å². The summed E-state index contributed by atoms with van der Waals surface area (Å²) in [6.07, 6.45) is 10.6. The summed E-state index contributed by atoms with van der Waals surface area (Å²) in [6.45, 7) is 6.01. The van der Waals surface area contributed by atoms with Crippen molar-refractivity contribution in [1.29, 1.82) is 0 Å². The van der Waals surface area contributed by atoms with Crippen molar-refractivity contribution in [2.75, 3.05) is 0 Å². The lowest BCUT2D eigenvalue weighted by atomic mass is 10.2. The van der Waals surface area contributed by atoms with Crippen LogP contribution in [0.3, 0.4) is 0 Å². The number of imidazole rings is 1. The second kappa shape index (κ2) is 8.76. The van der Waals surface area contributed by atoms with Gasteiger partial charge in [-0.05, 0) is 19.3 Å². The van der Waals surface area contributed by atoms with Crippen LogP contribution in [0, 0.1) is 0 Å². The Morgan fingerprint density at radius 3 is 2.69 bits per heavy atom. The maximum atomic E-state index is 9.50. The van der Waals surface area contributed by atoms with E-state index in [1.54, 1.807) is 0 Å². The molecular formula is C12H23BrN2O. The molecule has 0 amide bonds. The summed E-state index contributed by atoms with van der Waals surface area (Å²) in [7, 11) is 0. The predicted molar refractivity (Wildman–Crippen MR) is 60.4 cm³/mol. The van der Waals surface area contributed by atoms with Gasteiger partial charge in [-0.1, -0.05) is 20.3 Å². The average Bonchev–Trinajstić information content (AvgIpc) is 2.66. The minimum Gasteiger partial charge on any atom is -1.00 e. The monoisotopic (exact) mass is 290 g/mol. The van der Waals surface area contributed by atoms with E-state index in [0.717, 1.165) is 13.0 Å². The molecule has 0 radical (unpaired) electrons. The van der Waals surface area contributed by atoms with Crippen molar-refractivity contribution in [3.05, 3.63) is 18.7 Å². The van der Waals surface area contributed by atoms with Crippen molar-refractivity contribution in [3.8, 4) is 0 Å². The Morgan fingerprint density at radius 1 is 1.31 bits per heavy atom. The number of hydrogen-bond acceptors (Lipinski definition) is 1. The highest BCUT2D eigenvalue weighted by Gasteiger charge is 2.07. The van der Waals surface area contributed by atoms with E-state index in [4.69, 9.17) is 0 Å². The Bertz CT molecular complexity index is 276. The molecule has 1 atom stereocenters. The van der Waals surface area contributed by atoms with Gasteiger partial charge in [-0.2, -0.15) is 0 Å². The number of unbranched alkanes of at least 4 members (excludes halogenated alkanes) is 2. The van der Waals surface area contributed by atoms with Crippen molar-refractivity contribution in [2.45, 2.75) is 58.7 Å². The van der Waals surface area contributed by atoms with Crippen LogP contribution in [0.5, 0.6) is 0 Å². The van der Waals surface area contributed by atoms with E-state index in [9.17, 15) is 5.11 Å². The lowest BCUT2D eigenvalue weighted by Gasteiger charge is -2.02. The second-order valence-electron chi connectivity index (χ2n) is 4.12. The minimum atomic E-state index is -0.221. The van der Waals surface area contributed by atoms with Gasteiger partial charge in [0.2, 0.25) is 6.33 Å². The van der Waals surface area contributed by atoms with Gasteiger partial charge in [0.15, 0.2) is 0 Å². The third-order valence-electron chi connectivity index (χ3n) is 2.66. The molecule has 4 heteroatoms. The van der Waals surface area contributed by atoms with E-state index in [-0.39, 0.29) is 23.1 Å². The first-order chi connectivity index (χ1) is 7.26. The molecule has 0 fully saturated rings. The first-order valence-corrected chi connectivity index (χ1v) is 5.99. The number of rotatable bonds is 7. The number of aryl methyl sites for hydroxylation is 1. The zero-order valence-electron chi connectivity index (χ0n) is 10.3. The molecule has 16 heavy (non-hydrogen) atoms. The average molecular weight is 291 g/mol. The summed E-state index contributed by atoms with van der Waals surface area (Å²) >= 11 is 0. The number of aliphatic hydroxyl groups is 1. The fraction of sp³-hybridized carbons (Fsp3) is 0.750. The van der Waals surface area contributed by atoms with Gasteiger partial charge in [0.1, 0.15) is 18.9 Å². The zero-order valence-corrected chi connectivity index (χ0v) is 11.9. The first-order valence-electron chi connectivity index (χ1n) is 5.99. The molecule has 1 aromatic rings. The third kappa shape index (κ3) is 5.66. The molecule has 1 heterocycles. The summed E-state index contributed by atoms with van der Waals surface area (Å²) in [5, 5.41) is 9.50. The summed E-state index contributed by atoms with van der Waals surface area (Å²) < 4.78 is 4.25. The number of aromatic nitrogens is 2. The Balaban J connectivity index is 0.00000225. The summed E-state index contributed by atoms with van der Waals surface area (Å²) in [6, 6.07) is 0. The van der Waals surface area contributed by atoms with Crippen LogP contribution in [0.1, 0.15) is 39.5 Å². The van der Waals surface area contributed by atoms with E-state index in [1.165, 1.54) is 19.3 Å². The van der Waals surface area contributed by atoms with E-state index in [2.05, 4.69) is 28.6 Å². The Hall–Kier alpha value is -0.350. The molecule has 0 aliphatic carbocycles. The summed E-state index contributed by atoms with van der Waals surface area (Å²) in [5.74, 6) is 0. The molecule has 0 aromatic carbocycles. The predicted octanol–water partition coefficient (Wildman–Crippen LogP) is -1.26. The maximum Gasteiger partial charge on any atom is 0.243 e. The van der Waals surface area contributed by atoms with Crippen LogP contribution in [0.15, 0.2) is 18.7 Å². The molecular weight excluding hydrogens is 268 g/mol. The van der Waals surface area contributed by atoms with Crippen LogP contribution in [-0.2, 0) is 13.1 Å². The first kappa shape index (κ1) is 15.7. The number of aliphatic hydroxyl groups excluding tert-OH is 1. The lowest BCUT2D eigenvalue weighted by Crippen LogP contribution is -3.00. The molecule has 0 unspecified atom stereocenters. The van der Waals surface area contributed by atoms with Gasteiger partial charge < -0.3 is 22.1 Å². The maximum absolute atomic E-state index is 9.50. The van der Waals surface area contributed by atoms with Gasteiger partial charge in [-0.3, -0.25) is 0 Å². The Morgan fingerprint density at radius 2 is 2.06 bits per heavy atom. The lowest BCUT2D eigenvalue weighted by molar-refractivity contribution is -0.703. The smallest absolute Gasteiger partial charge is 0.243 e. The van der Waals surface area contributed by atoms with Gasteiger partial charge in [-0.25, -0.2) is 9.13 Å². The van der Waals surface area contributed by atoms with Crippen LogP contribution >= 0.6 is 0 Å². The van der Waals surface area contributed by atoms with Crippen LogP contribution < -0.4 is 21.5 Å². The number of nitrogens with zero attached hydrogens (tertiary/aromatic N) is 2. The Labute approximate surface area is 109 Å². The van der Waals surface area contributed by atoms with Gasteiger partial charge in [0.05, 0.1) is 12.6 Å². The van der Waals surface area contributed by atoms with Crippen LogP contribution in [0.2, 0.25) is 0 Å². The number of hydrogen-bond donors (Lipinski definition) is 1. The van der Waals surface area contributed by atoms with Gasteiger partial charge in [0.25, 0.3) is 0 Å². The molecule has 0 bridgehead atoms. The standard InChI is InChI=1S/C12H23N2O.BrH/c1-3-5-6-7-13-8-9-14(11-13)10-12(15)4-2;/h8-9,11-12,15H,3-7,10H2,1-2H3;1H/q+1;/p-1/t12-;/m0./s1. The molecule has 94 valence electrons. The van der Waals surface area contributed by atoms with E-state index in [1.807, 2.05) is 13.1 Å². The highest BCUT2D eigenvalue weighted by molar-refractivity contribution is 4.66. The largest absolute Gasteiger partial charge is 1.00 e. The molecule has 1 rings (SSSR count). The van der Waals surface area contributed by atoms with E-state index >= 15 is 0 Å². The molecule has 1 N–H and O–H groups in total. The fourth-order valence-electron chi connectivity index (χ4n) is 1.60. The Kier molecular flexibility index (Phi) is 8.57. The van der Waals surface area contributed by atoms with Gasteiger partial charge in [0, 0.05) is 0 Å². The van der Waals surface area contributed by atoms with E-state index < -0.39 is 0 Å². The zero-order chi connectivity index (χ0) is 11.1. The quantitative estimate of drug-likeness (QED) is 0.493. The summed E-state index contributed by atoms with van der Waals surface area (Å²) in [5.41, 5.74) is 0. The van der Waals surface area contributed by atoms with Crippen LogP contribution in [-0.4, -0.2) is 15.8 Å². The van der Waals surface area contributed by atoms with E-state index in [0.29, 0.717) is 6.54 Å². The molecule has 0 saturated heterocycles. The van der Waals surface area contributed by atoms with Gasteiger partial charge >= 0.3 is 0 Å². The van der Waals surface area contributed by atoms with Crippen molar-refractivity contribution < 1.29 is 26.7 Å². The molecule has 0 aliphatic heterocycles. The highest BCUT2D eigenvalue weighted by Crippen LogP contribution is 1.97. The third-order valence-corrected chi connectivity index (χ3v) is 2.66. The molecule has 0 spiro atoms. The number of halogens is 1. The topological polar surface area (TPSA) is 29.0 Å². The minimum absolute atomic E-state index is 0. The molecule has 0 saturated carbocycles. The van der Waals surface area contributed by atoms with Crippen molar-refractivity contribution in [2.24, 2.45) is 0 Å². The second-order valence-corrected chi connectivity index (χ2v) is 4.12. The molecule has 1 aromatic heterocycles.